The molecule has 1 amide bonds. The summed E-state index contributed by atoms with van der Waals surface area (Å²) < 4.78 is 6.72. The second-order valence-electron chi connectivity index (χ2n) is 5.75. The quantitative estimate of drug-likeness (QED) is 0.871. The highest BCUT2D eigenvalue weighted by atomic mass is 79.9. The smallest absolute Gasteiger partial charge is 0.245 e. The van der Waals surface area contributed by atoms with E-state index in [-0.39, 0.29) is 5.91 Å². The van der Waals surface area contributed by atoms with Crippen molar-refractivity contribution in [2.75, 3.05) is 25.5 Å². The highest BCUT2D eigenvalue weighted by molar-refractivity contribution is 9.10. The van der Waals surface area contributed by atoms with Gasteiger partial charge in [0.25, 0.3) is 0 Å². The third-order valence-corrected chi connectivity index (χ3v) is 4.98. The standard InChI is InChI=1S/C15H20BrN3O2/c1-19-5-2-3-9(19)4-6-21-13-8-12-10(7-11(13)16)14(17)15(20)18-12/h7-9,14H,2-6,17H2,1H3,(H,18,20). The molecule has 1 fully saturated rings. The average Bonchev–Trinajstić information content (AvgIpc) is 2.97. The number of rotatable bonds is 4. The van der Waals surface area contributed by atoms with Gasteiger partial charge in [-0.1, -0.05) is 0 Å². The first-order valence-electron chi connectivity index (χ1n) is 7.29. The Kier molecular flexibility index (Phi) is 4.19. The van der Waals surface area contributed by atoms with Crippen molar-refractivity contribution in [3.8, 4) is 5.75 Å². The molecule has 0 aliphatic carbocycles. The van der Waals surface area contributed by atoms with E-state index < -0.39 is 6.04 Å². The minimum Gasteiger partial charge on any atom is -0.492 e. The average molecular weight is 354 g/mol. The number of likely N-dealkylation sites (tertiary alicyclic amines) is 1. The molecule has 21 heavy (non-hydrogen) atoms. The predicted molar refractivity (Wildman–Crippen MR) is 85.5 cm³/mol. The summed E-state index contributed by atoms with van der Waals surface area (Å²) in [6.07, 6.45) is 3.54. The third kappa shape index (κ3) is 2.93. The van der Waals surface area contributed by atoms with Crippen LogP contribution in [-0.4, -0.2) is 37.0 Å². The van der Waals surface area contributed by atoms with Gasteiger partial charge in [0.1, 0.15) is 11.8 Å². The lowest BCUT2D eigenvalue weighted by Gasteiger charge is -2.19. The number of hydrogen-bond acceptors (Lipinski definition) is 4. The van der Waals surface area contributed by atoms with Crippen LogP contribution in [0.2, 0.25) is 0 Å². The van der Waals surface area contributed by atoms with Crippen LogP contribution in [-0.2, 0) is 4.79 Å². The Morgan fingerprint density at radius 3 is 3.05 bits per heavy atom. The molecule has 0 spiro atoms. The Morgan fingerprint density at radius 2 is 2.33 bits per heavy atom. The number of carbonyl (C=O) groups excluding carboxylic acids is 1. The summed E-state index contributed by atoms with van der Waals surface area (Å²) in [5.41, 5.74) is 7.40. The molecule has 0 saturated carbocycles. The molecule has 5 nitrogen and oxygen atoms in total. The van der Waals surface area contributed by atoms with Crippen molar-refractivity contribution in [1.82, 2.24) is 4.90 Å². The highest BCUT2D eigenvalue weighted by Gasteiger charge is 2.28. The zero-order valence-electron chi connectivity index (χ0n) is 12.1. The third-order valence-electron chi connectivity index (χ3n) is 4.36. The first-order valence-corrected chi connectivity index (χ1v) is 8.08. The van der Waals surface area contributed by atoms with E-state index >= 15 is 0 Å². The maximum Gasteiger partial charge on any atom is 0.245 e. The number of nitrogens with zero attached hydrogens (tertiary/aromatic N) is 1. The number of hydrogen-bond donors (Lipinski definition) is 2. The largest absolute Gasteiger partial charge is 0.492 e. The van der Waals surface area contributed by atoms with Crippen molar-refractivity contribution in [3.05, 3.63) is 22.2 Å². The summed E-state index contributed by atoms with van der Waals surface area (Å²) in [4.78, 5) is 14.0. The van der Waals surface area contributed by atoms with Gasteiger partial charge in [0.2, 0.25) is 5.91 Å². The van der Waals surface area contributed by atoms with Crippen LogP contribution in [0.25, 0.3) is 0 Å². The lowest BCUT2D eigenvalue weighted by molar-refractivity contribution is -0.116. The summed E-state index contributed by atoms with van der Waals surface area (Å²) in [5.74, 6) is 0.588. The number of nitrogens with two attached hydrogens (primary N) is 1. The Bertz CT molecular complexity index is 564. The molecule has 1 saturated heterocycles. The van der Waals surface area contributed by atoms with E-state index in [1.807, 2.05) is 12.1 Å². The Balaban J connectivity index is 1.64. The molecule has 2 atom stereocenters. The fraction of sp³-hybridized carbons (Fsp3) is 0.533. The number of benzene rings is 1. The molecule has 2 unspecified atom stereocenters. The molecular formula is C15H20BrN3O2. The molecule has 1 aromatic rings. The summed E-state index contributed by atoms with van der Waals surface area (Å²) >= 11 is 3.49. The zero-order chi connectivity index (χ0) is 15.0. The molecule has 2 heterocycles. The summed E-state index contributed by atoms with van der Waals surface area (Å²) in [5, 5.41) is 2.78. The van der Waals surface area contributed by atoms with E-state index in [0.29, 0.717) is 12.6 Å². The monoisotopic (exact) mass is 353 g/mol. The highest BCUT2D eigenvalue weighted by Crippen LogP contribution is 2.38. The van der Waals surface area contributed by atoms with Gasteiger partial charge in [-0.3, -0.25) is 4.79 Å². The lowest BCUT2D eigenvalue weighted by Crippen LogP contribution is -2.26. The molecule has 0 aromatic heterocycles. The fourth-order valence-electron chi connectivity index (χ4n) is 3.05. The molecule has 2 aliphatic heterocycles. The number of ether oxygens (including phenoxy) is 1. The summed E-state index contributed by atoms with van der Waals surface area (Å²) in [7, 11) is 2.17. The van der Waals surface area contributed by atoms with Crippen LogP contribution in [0.4, 0.5) is 5.69 Å². The van der Waals surface area contributed by atoms with Crippen LogP contribution in [0.3, 0.4) is 0 Å². The molecule has 3 rings (SSSR count). The van der Waals surface area contributed by atoms with E-state index in [2.05, 4.69) is 33.2 Å². The number of fused-ring (bicyclic) bond motifs is 1. The Labute approximate surface area is 132 Å². The van der Waals surface area contributed by atoms with Crippen LogP contribution in [0, 0.1) is 0 Å². The topological polar surface area (TPSA) is 67.6 Å². The van der Waals surface area contributed by atoms with Crippen molar-refractivity contribution in [3.63, 3.8) is 0 Å². The minimum atomic E-state index is -0.586. The van der Waals surface area contributed by atoms with Gasteiger partial charge in [-0.15, -0.1) is 0 Å². The Morgan fingerprint density at radius 1 is 1.52 bits per heavy atom. The first-order chi connectivity index (χ1) is 10.1. The lowest BCUT2D eigenvalue weighted by atomic mass is 10.1. The van der Waals surface area contributed by atoms with Crippen LogP contribution < -0.4 is 15.8 Å². The van der Waals surface area contributed by atoms with E-state index in [4.69, 9.17) is 10.5 Å². The van der Waals surface area contributed by atoms with Gasteiger partial charge in [0.05, 0.1) is 11.1 Å². The molecule has 0 bridgehead atoms. The number of amides is 1. The van der Waals surface area contributed by atoms with Gasteiger partial charge in [-0.05, 0) is 54.9 Å². The molecule has 6 heteroatoms. The van der Waals surface area contributed by atoms with Crippen LogP contribution >= 0.6 is 15.9 Å². The zero-order valence-corrected chi connectivity index (χ0v) is 13.6. The van der Waals surface area contributed by atoms with Gasteiger partial charge in [0.15, 0.2) is 0 Å². The predicted octanol–water partition coefficient (Wildman–Crippen LogP) is 2.26. The number of halogens is 1. The number of carbonyl (C=O) groups is 1. The summed E-state index contributed by atoms with van der Waals surface area (Å²) in [6, 6.07) is 3.75. The van der Waals surface area contributed by atoms with Gasteiger partial charge in [-0.25, -0.2) is 0 Å². The number of nitrogens with one attached hydrogen (secondary N) is 1. The Hall–Kier alpha value is -1.11. The fourth-order valence-corrected chi connectivity index (χ4v) is 3.52. The molecule has 0 radical (unpaired) electrons. The van der Waals surface area contributed by atoms with Crippen LogP contribution in [0.1, 0.15) is 30.9 Å². The normalized spacial score (nSPS) is 25.0. The molecule has 114 valence electrons. The van der Waals surface area contributed by atoms with Gasteiger partial charge in [0, 0.05) is 23.4 Å². The van der Waals surface area contributed by atoms with Gasteiger partial charge < -0.3 is 20.7 Å². The molecule has 2 aliphatic rings. The van der Waals surface area contributed by atoms with E-state index in [1.165, 1.54) is 19.4 Å². The van der Waals surface area contributed by atoms with Crippen LogP contribution in [0.5, 0.6) is 5.75 Å². The van der Waals surface area contributed by atoms with E-state index in [1.54, 1.807) is 0 Å². The van der Waals surface area contributed by atoms with E-state index in [9.17, 15) is 4.79 Å². The van der Waals surface area contributed by atoms with Crippen molar-refractivity contribution >= 4 is 27.5 Å². The first kappa shape index (κ1) is 14.8. The maximum atomic E-state index is 11.6. The second-order valence-corrected chi connectivity index (χ2v) is 6.60. The van der Waals surface area contributed by atoms with Gasteiger partial charge in [-0.2, -0.15) is 0 Å². The van der Waals surface area contributed by atoms with Gasteiger partial charge >= 0.3 is 0 Å². The van der Waals surface area contributed by atoms with Crippen molar-refractivity contribution in [2.24, 2.45) is 5.73 Å². The molecule has 3 N–H and O–H groups in total. The SMILES string of the molecule is CN1CCCC1CCOc1cc2c(cc1Br)C(N)C(=O)N2. The number of anilines is 1. The van der Waals surface area contributed by atoms with Crippen molar-refractivity contribution < 1.29 is 9.53 Å². The minimum absolute atomic E-state index is 0.165. The van der Waals surface area contributed by atoms with Crippen molar-refractivity contribution in [1.29, 1.82) is 0 Å². The maximum absolute atomic E-state index is 11.6. The van der Waals surface area contributed by atoms with Crippen LogP contribution in [0.15, 0.2) is 16.6 Å². The molecular weight excluding hydrogens is 334 g/mol. The van der Waals surface area contributed by atoms with E-state index in [0.717, 1.165) is 27.9 Å². The molecule has 1 aromatic carbocycles. The second kappa shape index (κ2) is 5.94. The summed E-state index contributed by atoms with van der Waals surface area (Å²) in [6.45, 7) is 1.85. The van der Waals surface area contributed by atoms with Crippen molar-refractivity contribution in [2.45, 2.75) is 31.3 Å².